The summed E-state index contributed by atoms with van der Waals surface area (Å²) in [5.74, 6) is 0.177. The Morgan fingerprint density at radius 2 is 1.06 bits per heavy atom. The van der Waals surface area contributed by atoms with Gasteiger partial charge in [-0.25, -0.2) is 0 Å². The van der Waals surface area contributed by atoms with Gasteiger partial charge in [0.25, 0.3) is 0 Å². The van der Waals surface area contributed by atoms with Gasteiger partial charge in [-0.1, -0.05) is 62.4 Å². The normalized spacial score (nSPS) is 19.6. The summed E-state index contributed by atoms with van der Waals surface area (Å²) in [6.45, 7) is 8.78. The molecule has 0 spiro atoms. The molecule has 260 valence electrons. The number of carbonyl (C=O) groups is 3. The second-order valence-corrected chi connectivity index (χ2v) is 13.3. The first kappa shape index (κ1) is 34.7. The van der Waals surface area contributed by atoms with Gasteiger partial charge in [0.2, 0.25) is 17.7 Å². The molecule has 6 rings (SSSR count). The predicted octanol–water partition coefficient (Wildman–Crippen LogP) is 7.79. The number of fused-ring (bicyclic) bond motifs is 2. The molecule has 4 N–H and O–H groups in total. The molecule has 0 saturated heterocycles. The van der Waals surface area contributed by atoms with E-state index in [9.17, 15) is 14.4 Å². The number of nitrogens with zero attached hydrogens (tertiary/aromatic N) is 2. The lowest BCUT2D eigenvalue weighted by Gasteiger charge is -2.40. The largest absolute Gasteiger partial charge is 0.378 e. The van der Waals surface area contributed by atoms with Crippen molar-refractivity contribution in [1.29, 1.82) is 0 Å². The van der Waals surface area contributed by atoms with Crippen LogP contribution in [0.2, 0.25) is 0 Å². The van der Waals surface area contributed by atoms with Crippen LogP contribution in [0.25, 0.3) is 0 Å². The summed E-state index contributed by atoms with van der Waals surface area (Å²) in [7, 11) is 0. The fourth-order valence-corrected chi connectivity index (χ4v) is 7.30. The van der Waals surface area contributed by atoms with Crippen molar-refractivity contribution >= 4 is 46.2 Å². The molecule has 0 fully saturated rings. The standard InChI is InChI=1S/C41H48N6O3/c1-5-40(49)46-27(3)23-35(33-11-7-9-13-37(33)46)43-30-17-15-29(16-18-30)25-42-26-39(48)45-32-21-19-31(20-22-32)44-36-24-28(4)47(41(50)6-2)38-14-10-8-12-34(36)38/h7-22,27-28,35-36,42-44H,5-6,23-26H2,1-4H3,(H,45,48)/t27-,28-,35+,36+/m0/s1. The summed E-state index contributed by atoms with van der Waals surface area (Å²) in [6.07, 6.45) is 2.60. The molecule has 3 amide bonds. The summed E-state index contributed by atoms with van der Waals surface area (Å²) < 4.78 is 0. The Bertz CT molecular complexity index is 1810. The highest BCUT2D eigenvalue weighted by Gasteiger charge is 2.34. The summed E-state index contributed by atoms with van der Waals surface area (Å²) in [4.78, 5) is 41.9. The zero-order valence-corrected chi connectivity index (χ0v) is 29.4. The van der Waals surface area contributed by atoms with Crippen LogP contribution < -0.4 is 31.1 Å². The van der Waals surface area contributed by atoms with E-state index in [1.54, 1.807) is 0 Å². The summed E-state index contributed by atoms with van der Waals surface area (Å²) in [6, 6.07) is 32.7. The molecule has 4 aromatic rings. The molecule has 9 heteroatoms. The van der Waals surface area contributed by atoms with Gasteiger partial charge in [-0.15, -0.1) is 0 Å². The van der Waals surface area contributed by atoms with Crippen molar-refractivity contribution in [2.24, 2.45) is 0 Å². The molecule has 9 nitrogen and oxygen atoms in total. The lowest BCUT2D eigenvalue weighted by atomic mass is 9.91. The van der Waals surface area contributed by atoms with Crippen LogP contribution in [0, 0.1) is 0 Å². The molecule has 2 heterocycles. The van der Waals surface area contributed by atoms with Crippen molar-refractivity contribution in [2.45, 2.75) is 84.1 Å². The highest BCUT2D eigenvalue weighted by molar-refractivity contribution is 5.96. The second-order valence-electron chi connectivity index (χ2n) is 13.3. The number of anilines is 5. The first-order valence-corrected chi connectivity index (χ1v) is 17.8. The van der Waals surface area contributed by atoms with Gasteiger partial charge in [0.1, 0.15) is 0 Å². The van der Waals surface area contributed by atoms with Crippen molar-refractivity contribution in [1.82, 2.24) is 5.32 Å². The first-order chi connectivity index (χ1) is 24.2. The molecule has 0 aliphatic carbocycles. The van der Waals surface area contributed by atoms with Crippen LogP contribution in [0.4, 0.5) is 28.4 Å². The minimum absolute atomic E-state index is 0.0766. The number of hydrogen-bond acceptors (Lipinski definition) is 6. The molecule has 0 aromatic heterocycles. The van der Waals surface area contributed by atoms with E-state index in [0.29, 0.717) is 19.4 Å². The SMILES string of the molecule is CCC(=O)N1c2ccccc2[C@H](Nc2ccc(CNCC(=O)Nc3ccc(N[C@@H]4C[C@H](C)N(C(=O)CC)c5ccccc54)cc3)cc2)C[C@@H]1C. The van der Waals surface area contributed by atoms with Crippen LogP contribution in [-0.4, -0.2) is 36.3 Å². The minimum atomic E-state index is -0.111. The molecule has 0 radical (unpaired) electrons. The van der Waals surface area contributed by atoms with Crippen molar-refractivity contribution in [3.8, 4) is 0 Å². The topological polar surface area (TPSA) is 106 Å². The molecule has 50 heavy (non-hydrogen) atoms. The Morgan fingerprint density at radius 3 is 1.54 bits per heavy atom. The van der Waals surface area contributed by atoms with Crippen LogP contribution in [-0.2, 0) is 20.9 Å². The number of nitrogens with one attached hydrogen (secondary N) is 4. The Labute approximate surface area is 295 Å². The quantitative estimate of drug-likeness (QED) is 0.130. The van der Waals surface area contributed by atoms with Gasteiger partial charge in [0, 0.05) is 59.9 Å². The van der Waals surface area contributed by atoms with Gasteiger partial charge in [0.15, 0.2) is 0 Å². The lowest BCUT2D eigenvalue weighted by Crippen LogP contribution is -2.44. The lowest BCUT2D eigenvalue weighted by molar-refractivity contribution is -0.119. The average molecular weight is 673 g/mol. The molecule has 4 aromatic carbocycles. The van der Waals surface area contributed by atoms with E-state index >= 15 is 0 Å². The number of hydrogen-bond donors (Lipinski definition) is 4. The van der Waals surface area contributed by atoms with Gasteiger partial charge in [-0.3, -0.25) is 14.4 Å². The summed E-state index contributed by atoms with van der Waals surface area (Å²) in [5, 5.41) is 13.5. The summed E-state index contributed by atoms with van der Waals surface area (Å²) in [5.41, 5.74) is 7.99. The number of rotatable bonds is 11. The number of carbonyl (C=O) groups excluding carboxylic acids is 3. The van der Waals surface area contributed by atoms with Gasteiger partial charge in [0.05, 0.1) is 18.6 Å². The van der Waals surface area contributed by atoms with Gasteiger partial charge in [-0.2, -0.15) is 0 Å². The second kappa shape index (κ2) is 15.6. The van der Waals surface area contributed by atoms with E-state index in [2.05, 4.69) is 71.5 Å². The summed E-state index contributed by atoms with van der Waals surface area (Å²) >= 11 is 0. The Balaban J connectivity index is 0.978. The third-order valence-electron chi connectivity index (χ3n) is 9.74. The van der Waals surface area contributed by atoms with Gasteiger partial charge in [-0.05, 0) is 91.9 Å². The fraction of sp³-hybridized carbons (Fsp3) is 0.341. The molecule has 0 bridgehead atoms. The van der Waals surface area contributed by atoms with Gasteiger partial charge < -0.3 is 31.1 Å². The van der Waals surface area contributed by atoms with Crippen molar-refractivity contribution in [3.63, 3.8) is 0 Å². The van der Waals surface area contributed by atoms with Crippen molar-refractivity contribution in [2.75, 3.05) is 32.3 Å². The average Bonchev–Trinajstić information content (AvgIpc) is 3.12. The first-order valence-electron chi connectivity index (χ1n) is 17.8. The molecule has 0 unspecified atom stereocenters. The maximum atomic E-state index is 12.7. The molecule has 0 saturated carbocycles. The van der Waals surface area contributed by atoms with Crippen LogP contribution in [0.1, 0.15) is 82.2 Å². The zero-order chi connectivity index (χ0) is 35.2. The van der Waals surface area contributed by atoms with Gasteiger partial charge >= 0.3 is 0 Å². The van der Waals surface area contributed by atoms with Crippen LogP contribution in [0.5, 0.6) is 0 Å². The Hall–Kier alpha value is -5.15. The molecular formula is C41H48N6O3. The Kier molecular flexibility index (Phi) is 10.8. The van der Waals surface area contributed by atoms with E-state index < -0.39 is 0 Å². The predicted molar refractivity (Wildman–Crippen MR) is 203 cm³/mol. The molecule has 2 aliphatic rings. The number of amides is 3. The maximum absolute atomic E-state index is 12.7. The number of para-hydroxylation sites is 2. The minimum Gasteiger partial charge on any atom is -0.378 e. The van der Waals surface area contributed by atoms with E-state index in [1.807, 2.05) is 84.3 Å². The highest BCUT2D eigenvalue weighted by atomic mass is 16.2. The van der Waals surface area contributed by atoms with Crippen LogP contribution in [0.15, 0.2) is 97.1 Å². The van der Waals surface area contributed by atoms with Crippen LogP contribution >= 0.6 is 0 Å². The van der Waals surface area contributed by atoms with E-state index in [1.165, 1.54) is 0 Å². The Morgan fingerprint density at radius 1 is 0.620 bits per heavy atom. The monoisotopic (exact) mass is 672 g/mol. The van der Waals surface area contributed by atoms with Crippen molar-refractivity contribution in [3.05, 3.63) is 114 Å². The smallest absolute Gasteiger partial charge is 0.238 e. The number of benzene rings is 4. The van der Waals surface area contributed by atoms with E-state index in [-0.39, 0.29) is 48.4 Å². The third kappa shape index (κ3) is 7.68. The molecule has 2 aliphatic heterocycles. The van der Waals surface area contributed by atoms with Crippen LogP contribution in [0.3, 0.4) is 0 Å². The fourth-order valence-electron chi connectivity index (χ4n) is 7.30. The van der Waals surface area contributed by atoms with Crippen molar-refractivity contribution < 1.29 is 14.4 Å². The zero-order valence-electron chi connectivity index (χ0n) is 29.4. The maximum Gasteiger partial charge on any atom is 0.238 e. The third-order valence-corrected chi connectivity index (χ3v) is 9.74. The van der Waals surface area contributed by atoms with E-state index in [4.69, 9.17) is 0 Å². The molecular weight excluding hydrogens is 624 g/mol. The van der Waals surface area contributed by atoms with E-state index in [0.717, 1.165) is 58.0 Å². The highest BCUT2D eigenvalue weighted by Crippen LogP contribution is 2.40. The molecule has 4 atom stereocenters.